The number of likely N-dealkylation sites (N-methyl/N-ethyl adjacent to an activating group) is 1. The Morgan fingerprint density at radius 3 is 2.70 bits per heavy atom. The van der Waals surface area contributed by atoms with Gasteiger partial charge in [0, 0.05) is 25.3 Å². The van der Waals surface area contributed by atoms with Gasteiger partial charge in [-0.3, -0.25) is 4.79 Å². The fourth-order valence-electron chi connectivity index (χ4n) is 2.33. The number of fused-ring (bicyclic) bond motifs is 1. The van der Waals surface area contributed by atoms with Gasteiger partial charge in [0.25, 0.3) is 0 Å². The van der Waals surface area contributed by atoms with Crippen LogP contribution in [0.15, 0.2) is 18.2 Å². The first-order valence-corrected chi connectivity index (χ1v) is 6.77. The second-order valence-electron chi connectivity index (χ2n) is 5.42. The predicted molar refractivity (Wildman–Crippen MR) is 77.2 cm³/mol. The Balaban J connectivity index is 2.13. The van der Waals surface area contributed by atoms with Gasteiger partial charge in [-0.15, -0.1) is 0 Å². The van der Waals surface area contributed by atoms with E-state index in [0.29, 0.717) is 12.1 Å². The van der Waals surface area contributed by atoms with Crippen LogP contribution in [0.1, 0.15) is 29.8 Å². The predicted octanol–water partition coefficient (Wildman–Crippen LogP) is 1.61. The molecule has 0 spiro atoms. The summed E-state index contributed by atoms with van der Waals surface area (Å²) < 4.78 is 0. The maximum absolute atomic E-state index is 12.1. The Morgan fingerprint density at radius 2 is 2.10 bits per heavy atom. The Bertz CT molecular complexity index is 540. The number of hydrogen-bond acceptors (Lipinski definition) is 3. The highest BCUT2D eigenvalue weighted by Crippen LogP contribution is 2.28. The number of anilines is 1. The highest BCUT2D eigenvalue weighted by atomic mass is 16.4. The molecule has 1 heterocycles. The summed E-state index contributed by atoms with van der Waals surface area (Å²) in [6.45, 7) is 5.06. The van der Waals surface area contributed by atoms with Crippen molar-refractivity contribution in [3.63, 3.8) is 0 Å². The van der Waals surface area contributed by atoms with Crippen LogP contribution in [0, 0.1) is 0 Å². The molecule has 2 rings (SSSR count). The molecule has 0 unspecified atom stereocenters. The number of carbonyl (C=O) groups is 2. The fourth-order valence-corrected chi connectivity index (χ4v) is 2.33. The topological polar surface area (TPSA) is 60.9 Å². The van der Waals surface area contributed by atoms with Gasteiger partial charge in [0.15, 0.2) is 0 Å². The van der Waals surface area contributed by atoms with Crippen molar-refractivity contribution in [1.82, 2.24) is 4.90 Å². The summed E-state index contributed by atoms with van der Waals surface area (Å²) in [6, 6.07) is 5.28. The quantitative estimate of drug-likeness (QED) is 0.907. The molecule has 0 aliphatic carbocycles. The molecule has 0 radical (unpaired) electrons. The van der Waals surface area contributed by atoms with E-state index in [1.165, 1.54) is 0 Å². The molecule has 1 amide bonds. The molecule has 20 heavy (non-hydrogen) atoms. The van der Waals surface area contributed by atoms with Crippen molar-refractivity contribution >= 4 is 17.6 Å². The molecule has 1 aliphatic heterocycles. The van der Waals surface area contributed by atoms with Crippen molar-refractivity contribution in [3.05, 3.63) is 29.3 Å². The van der Waals surface area contributed by atoms with Crippen molar-refractivity contribution in [2.45, 2.75) is 26.3 Å². The monoisotopic (exact) mass is 276 g/mol. The van der Waals surface area contributed by atoms with E-state index in [-0.39, 0.29) is 11.9 Å². The van der Waals surface area contributed by atoms with E-state index in [1.807, 2.05) is 18.7 Å². The lowest BCUT2D eigenvalue weighted by molar-refractivity contribution is -0.129. The van der Waals surface area contributed by atoms with Crippen LogP contribution in [-0.4, -0.2) is 48.1 Å². The molecule has 5 nitrogen and oxygen atoms in total. The van der Waals surface area contributed by atoms with Gasteiger partial charge >= 0.3 is 5.97 Å². The highest BCUT2D eigenvalue weighted by molar-refractivity contribution is 5.89. The van der Waals surface area contributed by atoms with E-state index in [9.17, 15) is 9.59 Å². The zero-order valence-corrected chi connectivity index (χ0v) is 12.1. The number of carboxylic acids is 1. The first kappa shape index (κ1) is 14.4. The molecule has 1 N–H and O–H groups in total. The third kappa shape index (κ3) is 2.76. The smallest absolute Gasteiger partial charge is 0.335 e. The lowest BCUT2D eigenvalue weighted by atomic mass is 10.1. The van der Waals surface area contributed by atoms with Crippen LogP contribution in [0.2, 0.25) is 0 Å². The number of hydrogen-bond donors (Lipinski definition) is 1. The van der Waals surface area contributed by atoms with Crippen LogP contribution in [0.25, 0.3) is 0 Å². The van der Waals surface area contributed by atoms with Crippen LogP contribution in [0.5, 0.6) is 0 Å². The van der Waals surface area contributed by atoms with Crippen molar-refractivity contribution in [1.29, 1.82) is 0 Å². The summed E-state index contributed by atoms with van der Waals surface area (Å²) in [6.07, 6.45) is 0.787. The van der Waals surface area contributed by atoms with Crippen LogP contribution in [0.4, 0.5) is 5.69 Å². The standard InChI is InChI=1S/C15H20N2O3/c1-10(2)16(3)14(18)9-17-7-6-11-8-12(15(19)20)4-5-13(11)17/h4-5,8,10H,6-7,9H2,1-3H3,(H,19,20). The lowest BCUT2D eigenvalue weighted by Crippen LogP contribution is -2.41. The van der Waals surface area contributed by atoms with Crippen LogP contribution < -0.4 is 4.90 Å². The molecule has 0 atom stereocenters. The highest BCUT2D eigenvalue weighted by Gasteiger charge is 2.24. The van der Waals surface area contributed by atoms with E-state index in [1.54, 1.807) is 30.1 Å². The van der Waals surface area contributed by atoms with Crippen LogP contribution in [-0.2, 0) is 11.2 Å². The fraction of sp³-hybridized carbons (Fsp3) is 0.467. The largest absolute Gasteiger partial charge is 0.478 e. The summed E-state index contributed by atoms with van der Waals surface area (Å²) in [4.78, 5) is 26.8. The first-order chi connectivity index (χ1) is 9.40. The molecule has 0 saturated heterocycles. The minimum Gasteiger partial charge on any atom is -0.478 e. The molecule has 0 bridgehead atoms. The molecule has 108 valence electrons. The van der Waals surface area contributed by atoms with E-state index in [4.69, 9.17) is 5.11 Å². The second-order valence-corrected chi connectivity index (χ2v) is 5.42. The Hall–Kier alpha value is -2.04. The number of carboxylic acid groups (broad SMARTS) is 1. The zero-order chi connectivity index (χ0) is 14.9. The Kier molecular flexibility index (Phi) is 3.97. The summed E-state index contributed by atoms with van der Waals surface area (Å²) in [5, 5.41) is 8.99. The normalized spacial score (nSPS) is 13.5. The van der Waals surface area contributed by atoms with Crippen molar-refractivity contribution in [3.8, 4) is 0 Å². The summed E-state index contributed by atoms with van der Waals surface area (Å²) >= 11 is 0. The van der Waals surface area contributed by atoms with E-state index in [0.717, 1.165) is 24.2 Å². The molecular weight excluding hydrogens is 256 g/mol. The minimum absolute atomic E-state index is 0.0789. The van der Waals surface area contributed by atoms with Gasteiger partial charge in [-0.2, -0.15) is 0 Å². The van der Waals surface area contributed by atoms with E-state index >= 15 is 0 Å². The van der Waals surface area contributed by atoms with E-state index < -0.39 is 5.97 Å². The molecule has 0 fully saturated rings. The zero-order valence-electron chi connectivity index (χ0n) is 12.1. The van der Waals surface area contributed by atoms with Gasteiger partial charge in [0.2, 0.25) is 5.91 Å². The lowest BCUT2D eigenvalue weighted by Gasteiger charge is -2.26. The average Bonchev–Trinajstić information content (AvgIpc) is 2.80. The van der Waals surface area contributed by atoms with Gasteiger partial charge in [-0.05, 0) is 44.0 Å². The van der Waals surface area contributed by atoms with Crippen LogP contribution in [0.3, 0.4) is 0 Å². The summed E-state index contributed by atoms with van der Waals surface area (Å²) in [5.74, 6) is -0.836. The maximum atomic E-state index is 12.1. The number of carbonyl (C=O) groups excluding carboxylic acids is 1. The Labute approximate surface area is 118 Å². The minimum atomic E-state index is -0.915. The molecule has 0 saturated carbocycles. The molecule has 5 heteroatoms. The maximum Gasteiger partial charge on any atom is 0.335 e. The van der Waals surface area contributed by atoms with Crippen molar-refractivity contribution in [2.75, 3.05) is 25.0 Å². The summed E-state index contributed by atoms with van der Waals surface area (Å²) in [7, 11) is 1.80. The molecule has 0 aromatic heterocycles. The SMILES string of the molecule is CC(C)N(C)C(=O)CN1CCc2cc(C(=O)O)ccc21. The number of aromatic carboxylic acids is 1. The molecule has 1 aromatic rings. The van der Waals surface area contributed by atoms with Gasteiger partial charge in [-0.1, -0.05) is 0 Å². The molecule has 1 aromatic carbocycles. The number of benzene rings is 1. The number of nitrogens with zero attached hydrogens (tertiary/aromatic N) is 2. The number of rotatable bonds is 4. The first-order valence-electron chi connectivity index (χ1n) is 6.77. The van der Waals surface area contributed by atoms with Gasteiger partial charge in [0.05, 0.1) is 12.1 Å². The second kappa shape index (κ2) is 5.53. The molecule has 1 aliphatic rings. The van der Waals surface area contributed by atoms with Crippen molar-refractivity contribution < 1.29 is 14.7 Å². The number of amides is 1. The van der Waals surface area contributed by atoms with Gasteiger partial charge < -0.3 is 14.9 Å². The third-order valence-electron chi connectivity index (χ3n) is 3.81. The van der Waals surface area contributed by atoms with Crippen molar-refractivity contribution in [2.24, 2.45) is 0 Å². The Morgan fingerprint density at radius 1 is 1.40 bits per heavy atom. The van der Waals surface area contributed by atoms with Gasteiger partial charge in [-0.25, -0.2) is 4.79 Å². The molecular formula is C15H20N2O3. The average molecular weight is 276 g/mol. The summed E-state index contributed by atoms with van der Waals surface area (Å²) in [5.41, 5.74) is 2.28. The van der Waals surface area contributed by atoms with E-state index in [2.05, 4.69) is 0 Å². The third-order valence-corrected chi connectivity index (χ3v) is 3.81. The van der Waals surface area contributed by atoms with Gasteiger partial charge in [0.1, 0.15) is 0 Å². The van der Waals surface area contributed by atoms with Crippen LogP contribution >= 0.6 is 0 Å².